The third-order valence-electron chi connectivity index (χ3n) is 5.32. The fourth-order valence-corrected chi connectivity index (χ4v) is 3.94. The Balaban J connectivity index is 1.21. The maximum Gasteiger partial charge on any atom is 0.287 e. The van der Waals surface area contributed by atoms with Crippen molar-refractivity contribution in [2.75, 3.05) is 26.2 Å². The molecule has 1 N–H and O–H groups in total. The predicted molar refractivity (Wildman–Crippen MR) is 120 cm³/mol. The van der Waals surface area contributed by atoms with Crippen LogP contribution in [-0.2, 0) is 4.79 Å². The molecule has 0 spiro atoms. The number of Topliss-reactive ketones (excluding diaryl/α,β-unsaturated/α-hetero) is 1. The van der Waals surface area contributed by atoms with Gasteiger partial charge < -0.3 is 14.5 Å². The fourth-order valence-electron chi connectivity index (χ4n) is 3.64. The van der Waals surface area contributed by atoms with E-state index in [1.807, 2.05) is 4.90 Å². The quantitative estimate of drug-likeness (QED) is 0.531. The van der Waals surface area contributed by atoms with E-state index in [9.17, 15) is 14.0 Å². The molecule has 0 radical (unpaired) electrons. The lowest BCUT2D eigenvalue weighted by Gasteiger charge is -2.31. The van der Waals surface area contributed by atoms with Gasteiger partial charge in [0.25, 0.3) is 5.91 Å². The lowest BCUT2D eigenvalue weighted by atomic mass is 10.0. The number of halogens is 3. The van der Waals surface area contributed by atoms with Gasteiger partial charge in [-0.3, -0.25) is 14.5 Å². The first-order chi connectivity index (χ1) is 15.4. The Bertz CT molecular complexity index is 1140. The molecule has 0 bridgehead atoms. The van der Waals surface area contributed by atoms with Crippen molar-refractivity contribution < 1.29 is 23.1 Å². The van der Waals surface area contributed by atoms with Crippen LogP contribution in [0.5, 0.6) is 5.75 Å². The van der Waals surface area contributed by atoms with Gasteiger partial charge in [-0.25, -0.2) is 4.39 Å². The third kappa shape index (κ3) is 5.59. The number of hydrogen-bond acceptors (Lipinski definition) is 5. The van der Waals surface area contributed by atoms with Gasteiger partial charge in [0.1, 0.15) is 23.8 Å². The highest BCUT2D eigenvalue weighted by Gasteiger charge is 2.24. The molecule has 4 rings (SSSR count). The number of nitrogens with one attached hydrogen (secondary N) is 1. The number of nitrogens with zero attached hydrogens (tertiary/aromatic N) is 1. The minimum atomic E-state index is -0.591. The van der Waals surface area contributed by atoms with E-state index in [4.69, 9.17) is 32.4 Å². The van der Waals surface area contributed by atoms with Gasteiger partial charge in [-0.05, 0) is 49.2 Å². The van der Waals surface area contributed by atoms with Crippen LogP contribution in [0.25, 0.3) is 11.0 Å². The van der Waals surface area contributed by atoms with Crippen molar-refractivity contribution in [1.82, 2.24) is 10.2 Å². The molecule has 1 aromatic heterocycles. The van der Waals surface area contributed by atoms with E-state index in [0.717, 1.165) is 11.5 Å². The van der Waals surface area contributed by atoms with Gasteiger partial charge >= 0.3 is 0 Å². The Hall–Kier alpha value is -2.61. The van der Waals surface area contributed by atoms with E-state index in [-0.39, 0.29) is 47.4 Å². The summed E-state index contributed by atoms with van der Waals surface area (Å²) in [6.07, 6.45) is 1.43. The zero-order valence-corrected chi connectivity index (χ0v) is 18.6. The summed E-state index contributed by atoms with van der Waals surface area (Å²) in [6, 6.07) is 10.9. The minimum absolute atomic E-state index is 0.000977. The summed E-state index contributed by atoms with van der Waals surface area (Å²) in [5.74, 6) is -0.461. The van der Waals surface area contributed by atoms with Gasteiger partial charge in [0.2, 0.25) is 0 Å². The standard InChI is InChI=1S/C23H21Cl2FN2O4/c24-15-1-4-21-14(9-15)10-22(32-21)23(30)27-16-5-7-28(8-6-16)12-17(29)13-31-18-2-3-19(25)20(26)11-18/h1-4,9-11,16H,5-8,12-13H2,(H,27,30). The maximum atomic E-state index is 13.4. The number of ketones is 1. The van der Waals surface area contributed by atoms with E-state index < -0.39 is 5.82 Å². The topological polar surface area (TPSA) is 71.8 Å². The molecule has 2 heterocycles. The number of fused-ring (bicyclic) bond motifs is 1. The van der Waals surface area contributed by atoms with Crippen LogP contribution in [0.2, 0.25) is 10.0 Å². The molecule has 0 saturated carbocycles. The van der Waals surface area contributed by atoms with Crippen LogP contribution in [0.3, 0.4) is 0 Å². The minimum Gasteiger partial charge on any atom is -0.486 e. The van der Waals surface area contributed by atoms with Gasteiger partial charge in [-0.1, -0.05) is 23.2 Å². The number of carbonyl (C=O) groups is 2. The van der Waals surface area contributed by atoms with E-state index in [1.54, 1.807) is 24.3 Å². The van der Waals surface area contributed by atoms with Crippen LogP contribution in [0.15, 0.2) is 46.9 Å². The van der Waals surface area contributed by atoms with Crippen molar-refractivity contribution in [3.05, 3.63) is 64.1 Å². The van der Waals surface area contributed by atoms with Gasteiger partial charge in [0, 0.05) is 35.6 Å². The van der Waals surface area contributed by atoms with Crippen molar-refractivity contribution in [3.8, 4) is 5.75 Å². The normalized spacial score (nSPS) is 15.1. The Morgan fingerprint density at radius 2 is 1.91 bits per heavy atom. The molecule has 3 aromatic rings. The zero-order valence-electron chi connectivity index (χ0n) is 17.1. The molecule has 32 heavy (non-hydrogen) atoms. The second-order valence-corrected chi connectivity index (χ2v) is 8.56. The van der Waals surface area contributed by atoms with Crippen LogP contribution >= 0.6 is 23.2 Å². The number of ether oxygens (including phenoxy) is 1. The molecule has 1 saturated heterocycles. The van der Waals surface area contributed by atoms with E-state index in [0.29, 0.717) is 36.5 Å². The monoisotopic (exact) mass is 478 g/mol. The highest BCUT2D eigenvalue weighted by atomic mass is 35.5. The number of carbonyl (C=O) groups excluding carboxylic acids is 2. The lowest BCUT2D eigenvalue weighted by Crippen LogP contribution is -2.46. The molecule has 9 heteroatoms. The van der Waals surface area contributed by atoms with Crippen LogP contribution < -0.4 is 10.1 Å². The molecule has 1 aliphatic heterocycles. The second-order valence-electron chi connectivity index (χ2n) is 7.72. The number of likely N-dealkylation sites (tertiary alicyclic amines) is 1. The molecule has 6 nitrogen and oxygen atoms in total. The molecule has 0 unspecified atom stereocenters. The van der Waals surface area contributed by atoms with Gasteiger partial charge in [-0.2, -0.15) is 0 Å². The molecule has 1 amide bonds. The molecule has 1 fully saturated rings. The van der Waals surface area contributed by atoms with Crippen molar-refractivity contribution in [2.45, 2.75) is 18.9 Å². The molecule has 1 aliphatic rings. The summed E-state index contributed by atoms with van der Waals surface area (Å²) in [5.41, 5.74) is 0.608. The highest BCUT2D eigenvalue weighted by molar-refractivity contribution is 6.31. The van der Waals surface area contributed by atoms with Gasteiger partial charge in [0.15, 0.2) is 11.5 Å². The third-order valence-corrected chi connectivity index (χ3v) is 5.86. The van der Waals surface area contributed by atoms with Crippen LogP contribution in [0.4, 0.5) is 4.39 Å². The zero-order chi connectivity index (χ0) is 22.7. The van der Waals surface area contributed by atoms with Crippen LogP contribution in [0.1, 0.15) is 23.4 Å². The van der Waals surface area contributed by atoms with Gasteiger partial charge in [-0.15, -0.1) is 0 Å². The highest BCUT2D eigenvalue weighted by Crippen LogP contribution is 2.23. The predicted octanol–water partition coefficient (Wildman–Crippen LogP) is 4.72. The number of benzene rings is 2. The first-order valence-corrected chi connectivity index (χ1v) is 10.9. The SMILES string of the molecule is O=C(COc1ccc(Cl)c(F)c1)CN1CCC(NC(=O)c2cc3cc(Cl)ccc3o2)CC1. The maximum absolute atomic E-state index is 13.4. The summed E-state index contributed by atoms with van der Waals surface area (Å²) in [4.78, 5) is 26.8. The Labute approximate surface area is 194 Å². The average molecular weight is 479 g/mol. The van der Waals surface area contributed by atoms with Crippen molar-refractivity contribution in [1.29, 1.82) is 0 Å². The number of rotatable bonds is 7. The smallest absolute Gasteiger partial charge is 0.287 e. The molecular weight excluding hydrogens is 458 g/mol. The molecular formula is C23H21Cl2FN2O4. The number of amides is 1. The fraction of sp³-hybridized carbons (Fsp3) is 0.304. The van der Waals surface area contributed by atoms with Crippen LogP contribution in [0, 0.1) is 5.82 Å². The Morgan fingerprint density at radius 3 is 2.66 bits per heavy atom. The van der Waals surface area contributed by atoms with E-state index >= 15 is 0 Å². The van der Waals surface area contributed by atoms with Crippen molar-refractivity contribution in [2.24, 2.45) is 0 Å². The summed E-state index contributed by atoms with van der Waals surface area (Å²) >= 11 is 11.6. The number of piperidine rings is 1. The average Bonchev–Trinajstić information content (AvgIpc) is 3.19. The summed E-state index contributed by atoms with van der Waals surface area (Å²) in [7, 11) is 0. The van der Waals surface area contributed by atoms with Crippen LogP contribution in [-0.4, -0.2) is 48.9 Å². The molecule has 168 valence electrons. The number of furan rings is 1. The molecule has 2 aromatic carbocycles. The summed E-state index contributed by atoms with van der Waals surface area (Å²) in [5, 5.41) is 4.35. The molecule has 0 atom stereocenters. The van der Waals surface area contributed by atoms with E-state index in [2.05, 4.69) is 5.32 Å². The van der Waals surface area contributed by atoms with Gasteiger partial charge in [0.05, 0.1) is 11.6 Å². The first-order valence-electron chi connectivity index (χ1n) is 10.2. The summed E-state index contributed by atoms with van der Waals surface area (Å²) in [6.45, 7) is 1.43. The Kier molecular flexibility index (Phi) is 6.98. The van der Waals surface area contributed by atoms with Crippen molar-refractivity contribution >= 4 is 45.9 Å². The second kappa shape index (κ2) is 9.90. The Morgan fingerprint density at radius 1 is 1.12 bits per heavy atom. The summed E-state index contributed by atoms with van der Waals surface area (Å²) < 4.78 is 24.4. The number of hydrogen-bond donors (Lipinski definition) is 1. The van der Waals surface area contributed by atoms with E-state index in [1.165, 1.54) is 12.1 Å². The lowest BCUT2D eigenvalue weighted by molar-refractivity contribution is -0.122. The molecule has 0 aliphatic carbocycles. The first kappa shape index (κ1) is 22.6. The largest absolute Gasteiger partial charge is 0.486 e. The van der Waals surface area contributed by atoms with Crippen molar-refractivity contribution in [3.63, 3.8) is 0 Å².